The van der Waals surface area contributed by atoms with Crippen LogP contribution in [0.1, 0.15) is 29.9 Å². The first-order valence-electron chi connectivity index (χ1n) is 6.37. The summed E-state index contributed by atoms with van der Waals surface area (Å²) in [5, 5.41) is 0.562. The molecule has 0 radical (unpaired) electrons. The maximum Gasteiger partial charge on any atom is 0.343 e. The topological polar surface area (TPSA) is 53.2 Å². The summed E-state index contributed by atoms with van der Waals surface area (Å²) in [7, 11) is 1.91. The van der Waals surface area contributed by atoms with Crippen molar-refractivity contribution in [1.29, 1.82) is 0 Å². The summed E-state index contributed by atoms with van der Waals surface area (Å²) in [4.78, 5) is 24.2. The summed E-state index contributed by atoms with van der Waals surface area (Å²) in [5.74, 6) is -0.557. The van der Waals surface area contributed by atoms with Gasteiger partial charge in [-0.2, -0.15) is 0 Å². The normalized spacial score (nSPS) is 10.9. The van der Waals surface area contributed by atoms with Crippen LogP contribution in [0.25, 0.3) is 11.0 Å². The van der Waals surface area contributed by atoms with Crippen molar-refractivity contribution in [1.82, 2.24) is 9.13 Å². The van der Waals surface area contributed by atoms with Gasteiger partial charge in [0.05, 0.1) is 12.0 Å². The molecule has 0 N–H and O–H groups in total. The fourth-order valence-corrected chi connectivity index (χ4v) is 2.25. The maximum absolute atomic E-state index is 12.4. The number of nitrogens with zero attached hydrogens (tertiary/aromatic N) is 2. The lowest BCUT2D eigenvalue weighted by atomic mass is 10.2. The summed E-state index contributed by atoms with van der Waals surface area (Å²) < 4.78 is 8.79. The molecule has 19 heavy (non-hydrogen) atoms. The molecule has 2 aromatic rings. The third-order valence-electron chi connectivity index (χ3n) is 3.32. The Morgan fingerprint density at radius 2 is 2.05 bits per heavy atom. The van der Waals surface area contributed by atoms with Gasteiger partial charge in [0.1, 0.15) is 11.2 Å². The van der Waals surface area contributed by atoms with Gasteiger partial charge in [0, 0.05) is 25.5 Å². The fourth-order valence-electron chi connectivity index (χ4n) is 2.25. The highest BCUT2D eigenvalue weighted by molar-refractivity contribution is 5.93. The van der Waals surface area contributed by atoms with Crippen molar-refractivity contribution in [2.24, 2.45) is 7.05 Å². The quantitative estimate of drug-likeness (QED) is 0.793. The molecule has 0 fully saturated rings. The van der Waals surface area contributed by atoms with Crippen LogP contribution in [0.5, 0.6) is 0 Å². The lowest BCUT2D eigenvalue weighted by Crippen LogP contribution is -2.21. The molecule has 0 aliphatic heterocycles. The standard InChI is InChI=1S/C14H18N2O3/c1-5-16-8-11(14(18)19-6-2)12(17)10-7-9(3)15(4)13(10)16/h7-8H,5-6H2,1-4H3. The zero-order chi connectivity index (χ0) is 14.2. The van der Waals surface area contributed by atoms with E-state index in [0.29, 0.717) is 11.9 Å². The highest BCUT2D eigenvalue weighted by Gasteiger charge is 2.18. The van der Waals surface area contributed by atoms with Crippen LogP contribution in [-0.4, -0.2) is 21.7 Å². The largest absolute Gasteiger partial charge is 0.462 e. The SMILES string of the molecule is CCOC(=O)c1cn(CC)c2c(cc(C)n2C)c1=O. The van der Waals surface area contributed by atoms with Crippen LogP contribution in [0, 0.1) is 6.92 Å². The number of hydrogen-bond donors (Lipinski definition) is 0. The number of aryl methyl sites for hydroxylation is 3. The Morgan fingerprint density at radius 1 is 1.37 bits per heavy atom. The summed E-state index contributed by atoms with van der Waals surface area (Å²) in [6.07, 6.45) is 1.59. The number of carbonyl (C=O) groups is 1. The van der Waals surface area contributed by atoms with E-state index in [2.05, 4.69) is 0 Å². The van der Waals surface area contributed by atoms with Crippen molar-refractivity contribution in [3.63, 3.8) is 0 Å². The predicted octanol–water partition coefficient (Wildman–Crippen LogP) is 1.85. The number of aromatic nitrogens is 2. The Labute approximate surface area is 111 Å². The lowest BCUT2D eigenvalue weighted by Gasteiger charge is -2.10. The van der Waals surface area contributed by atoms with Crippen molar-refractivity contribution >= 4 is 17.0 Å². The molecule has 0 saturated heterocycles. The fraction of sp³-hybridized carbons (Fsp3) is 0.429. The van der Waals surface area contributed by atoms with E-state index in [1.807, 2.05) is 36.1 Å². The first kappa shape index (κ1) is 13.4. The van der Waals surface area contributed by atoms with Crippen LogP contribution in [0.2, 0.25) is 0 Å². The highest BCUT2D eigenvalue weighted by Crippen LogP contribution is 2.16. The van der Waals surface area contributed by atoms with Crippen molar-refractivity contribution in [3.8, 4) is 0 Å². The Hall–Kier alpha value is -2.04. The minimum atomic E-state index is -0.557. The van der Waals surface area contributed by atoms with Gasteiger partial charge in [-0.15, -0.1) is 0 Å². The molecular formula is C14H18N2O3. The molecule has 0 aliphatic rings. The van der Waals surface area contributed by atoms with Crippen molar-refractivity contribution in [2.75, 3.05) is 6.61 Å². The molecule has 0 unspecified atom stereocenters. The molecule has 102 valence electrons. The number of pyridine rings is 1. The average molecular weight is 262 g/mol. The summed E-state index contributed by atoms with van der Waals surface area (Å²) in [6, 6.07) is 1.81. The summed E-state index contributed by atoms with van der Waals surface area (Å²) in [6.45, 7) is 6.57. The van der Waals surface area contributed by atoms with Gasteiger partial charge in [-0.3, -0.25) is 4.79 Å². The van der Waals surface area contributed by atoms with Gasteiger partial charge in [-0.1, -0.05) is 0 Å². The van der Waals surface area contributed by atoms with Crippen molar-refractivity contribution < 1.29 is 9.53 Å². The Morgan fingerprint density at radius 3 is 2.63 bits per heavy atom. The number of rotatable bonds is 3. The second-order valence-corrected chi connectivity index (χ2v) is 4.46. The molecular weight excluding hydrogens is 244 g/mol. The second kappa shape index (κ2) is 4.91. The minimum Gasteiger partial charge on any atom is -0.462 e. The van der Waals surface area contributed by atoms with Crippen LogP contribution in [0.3, 0.4) is 0 Å². The van der Waals surface area contributed by atoms with Gasteiger partial charge >= 0.3 is 5.97 Å². The number of esters is 1. The van der Waals surface area contributed by atoms with E-state index in [9.17, 15) is 9.59 Å². The number of ether oxygens (including phenoxy) is 1. The van der Waals surface area contributed by atoms with E-state index in [1.165, 1.54) is 0 Å². The monoisotopic (exact) mass is 262 g/mol. The molecule has 0 aromatic carbocycles. The van der Waals surface area contributed by atoms with E-state index in [4.69, 9.17) is 4.74 Å². The first-order chi connectivity index (χ1) is 9.01. The van der Waals surface area contributed by atoms with Crippen molar-refractivity contribution in [3.05, 3.63) is 33.7 Å². The van der Waals surface area contributed by atoms with Gasteiger partial charge in [0.2, 0.25) is 5.43 Å². The maximum atomic E-state index is 12.4. The van der Waals surface area contributed by atoms with E-state index >= 15 is 0 Å². The molecule has 2 aromatic heterocycles. The third kappa shape index (κ3) is 2.05. The Balaban J connectivity index is 2.80. The smallest absolute Gasteiger partial charge is 0.343 e. The summed E-state index contributed by atoms with van der Waals surface area (Å²) in [5.41, 5.74) is 1.65. The van der Waals surface area contributed by atoms with Crippen molar-refractivity contribution in [2.45, 2.75) is 27.3 Å². The van der Waals surface area contributed by atoms with Gasteiger partial charge in [-0.25, -0.2) is 4.79 Å². The highest BCUT2D eigenvalue weighted by atomic mass is 16.5. The van der Waals surface area contributed by atoms with Gasteiger partial charge < -0.3 is 13.9 Å². The molecule has 2 rings (SSSR count). The van der Waals surface area contributed by atoms with Crippen LogP contribution >= 0.6 is 0 Å². The van der Waals surface area contributed by atoms with Crippen LogP contribution in [-0.2, 0) is 18.3 Å². The molecule has 0 bridgehead atoms. The van der Waals surface area contributed by atoms with E-state index in [0.717, 1.165) is 11.3 Å². The molecule has 0 atom stereocenters. The number of carbonyl (C=O) groups excluding carboxylic acids is 1. The molecule has 2 heterocycles. The molecule has 0 aliphatic carbocycles. The third-order valence-corrected chi connectivity index (χ3v) is 3.32. The number of hydrogen-bond acceptors (Lipinski definition) is 3. The zero-order valence-electron chi connectivity index (χ0n) is 11.7. The average Bonchev–Trinajstić information content (AvgIpc) is 2.68. The van der Waals surface area contributed by atoms with Crippen LogP contribution < -0.4 is 5.43 Å². The van der Waals surface area contributed by atoms with E-state index in [-0.39, 0.29) is 17.6 Å². The minimum absolute atomic E-state index is 0.0989. The Kier molecular flexibility index (Phi) is 3.46. The van der Waals surface area contributed by atoms with Crippen LogP contribution in [0.4, 0.5) is 0 Å². The van der Waals surface area contributed by atoms with E-state index < -0.39 is 5.97 Å². The number of fused-ring (bicyclic) bond motifs is 1. The second-order valence-electron chi connectivity index (χ2n) is 4.46. The first-order valence-corrected chi connectivity index (χ1v) is 6.37. The Bertz CT molecular complexity index is 695. The molecule has 5 nitrogen and oxygen atoms in total. The zero-order valence-corrected chi connectivity index (χ0v) is 11.7. The molecule has 0 saturated carbocycles. The summed E-state index contributed by atoms with van der Waals surface area (Å²) >= 11 is 0. The molecule has 5 heteroatoms. The van der Waals surface area contributed by atoms with Gasteiger partial charge in [0.15, 0.2) is 0 Å². The van der Waals surface area contributed by atoms with Gasteiger partial charge in [0.25, 0.3) is 0 Å². The van der Waals surface area contributed by atoms with Crippen LogP contribution in [0.15, 0.2) is 17.1 Å². The lowest BCUT2D eigenvalue weighted by molar-refractivity contribution is 0.0524. The molecule has 0 spiro atoms. The van der Waals surface area contributed by atoms with E-state index in [1.54, 1.807) is 13.1 Å². The molecule has 0 amide bonds. The van der Waals surface area contributed by atoms with Gasteiger partial charge in [-0.05, 0) is 26.8 Å². The predicted molar refractivity (Wildman–Crippen MR) is 73.5 cm³/mol.